The molecule has 4 rings (SSSR count). The minimum atomic E-state index is -0.782. The average molecular weight is 342 g/mol. The summed E-state index contributed by atoms with van der Waals surface area (Å²) < 4.78 is 0. The van der Waals surface area contributed by atoms with Crippen LogP contribution < -0.4 is 0 Å². The molecule has 1 amide bonds. The van der Waals surface area contributed by atoms with Crippen LogP contribution in [0, 0.1) is 11.8 Å². The number of rotatable bonds is 2. The zero-order chi connectivity index (χ0) is 17.4. The molecule has 1 N–H and O–H groups in total. The summed E-state index contributed by atoms with van der Waals surface area (Å²) in [7, 11) is 2.10. The van der Waals surface area contributed by atoms with Gasteiger partial charge in [-0.15, -0.1) is 0 Å². The summed E-state index contributed by atoms with van der Waals surface area (Å²) in [5, 5.41) is 11.6. The average Bonchev–Trinajstić information content (AvgIpc) is 3.09. The Bertz CT molecular complexity index is 620. The molecular weight excluding hydrogens is 312 g/mol. The third-order valence-corrected chi connectivity index (χ3v) is 6.77. The Labute approximate surface area is 150 Å². The van der Waals surface area contributed by atoms with E-state index in [1.54, 1.807) is 0 Å². The molecule has 1 aromatic rings. The van der Waals surface area contributed by atoms with E-state index in [2.05, 4.69) is 29.0 Å². The second-order valence-corrected chi connectivity index (χ2v) is 8.28. The topological polar surface area (TPSA) is 43.8 Å². The van der Waals surface area contributed by atoms with Crippen molar-refractivity contribution in [1.82, 2.24) is 9.80 Å². The Morgan fingerprint density at radius 3 is 2.60 bits per heavy atom. The maximum atomic E-state index is 13.2. The Morgan fingerprint density at radius 1 is 1.12 bits per heavy atom. The van der Waals surface area contributed by atoms with Crippen LogP contribution in [0.15, 0.2) is 30.3 Å². The number of likely N-dealkylation sites (tertiary alicyclic amines) is 2. The van der Waals surface area contributed by atoms with Gasteiger partial charge in [0.05, 0.1) is 11.5 Å². The molecule has 1 aliphatic carbocycles. The van der Waals surface area contributed by atoms with Crippen LogP contribution >= 0.6 is 0 Å². The molecule has 2 saturated heterocycles. The number of hydrogen-bond donors (Lipinski definition) is 1. The normalized spacial score (nSPS) is 36.2. The molecule has 3 aliphatic rings. The minimum absolute atomic E-state index is 0.149. The number of carbonyl (C=O) groups excluding carboxylic acids is 1. The molecule has 0 aromatic heterocycles. The van der Waals surface area contributed by atoms with Gasteiger partial charge in [0.2, 0.25) is 5.91 Å². The van der Waals surface area contributed by atoms with Crippen LogP contribution in [-0.4, -0.2) is 53.5 Å². The second-order valence-electron chi connectivity index (χ2n) is 8.28. The third-order valence-electron chi connectivity index (χ3n) is 6.77. The van der Waals surface area contributed by atoms with Crippen molar-refractivity contribution in [3.05, 3.63) is 35.9 Å². The molecule has 1 aromatic carbocycles. The quantitative estimate of drug-likeness (QED) is 0.898. The predicted octanol–water partition coefficient (Wildman–Crippen LogP) is 2.62. The highest BCUT2D eigenvalue weighted by Gasteiger charge is 2.51. The summed E-state index contributed by atoms with van der Waals surface area (Å²) in [5.74, 6) is 0.646. The zero-order valence-electron chi connectivity index (χ0n) is 15.2. The van der Waals surface area contributed by atoms with E-state index in [4.69, 9.17) is 0 Å². The smallest absolute Gasteiger partial charge is 0.227 e. The van der Waals surface area contributed by atoms with Crippen molar-refractivity contribution in [3.8, 4) is 0 Å². The molecule has 2 aliphatic heterocycles. The lowest BCUT2D eigenvalue weighted by molar-refractivity contribution is -0.158. The van der Waals surface area contributed by atoms with Gasteiger partial charge < -0.3 is 14.9 Å². The molecule has 4 atom stereocenters. The first kappa shape index (κ1) is 17.0. The van der Waals surface area contributed by atoms with Gasteiger partial charge in [0.1, 0.15) is 0 Å². The first-order valence-corrected chi connectivity index (χ1v) is 9.86. The van der Waals surface area contributed by atoms with E-state index >= 15 is 0 Å². The van der Waals surface area contributed by atoms with Gasteiger partial charge in [-0.25, -0.2) is 0 Å². The van der Waals surface area contributed by atoms with Gasteiger partial charge in [-0.3, -0.25) is 4.79 Å². The van der Waals surface area contributed by atoms with E-state index in [9.17, 15) is 9.90 Å². The first-order chi connectivity index (χ1) is 12.1. The fraction of sp³-hybridized carbons (Fsp3) is 0.667. The molecule has 0 bridgehead atoms. The highest BCUT2D eigenvalue weighted by Crippen LogP contribution is 2.47. The molecule has 136 valence electrons. The molecular formula is C21H30N2O2. The van der Waals surface area contributed by atoms with Crippen LogP contribution in [0.2, 0.25) is 0 Å². The lowest BCUT2D eigenvalue weighted by Gasteiger charge is -2.53. The van der Waals surface area contributed by atoms with Crippen molar-refractivity contribution in [1.29, 1.82) is 0 Å². The maximum absolute atomic E-state index is 13.2. The number of benzene rings is 1. The summed E-state index contributed by atoms with van der Waals surface area (Å²) in [5.41, 5.74) is 0.245. The molecule has 2 unspecified atom stereocenters. The van der Waals surface area contributed by atoms with Crippen LogP contribution in [0.5, 0.6) is 0 Å². The summed E-state index contributed by atoms with van der Waals surface area (Å²) in [4.78, 5) is 17.6. The highest BCUT2D eigenvalue weighted by atomic mass is 16.3. The number of carbonyl (C=O) groups is 1. The molecule has 0 spiro atoms. The summed E-state index contributed by atoms with van der Waals surface area (Å²) in [6.45, 7) is 2.59. The molecule has 25 heavy (non-hydrogen) atoms. The van der Waals surface area contributed by atoms with Gasteiger partial charge in [-0.05, 0) is 44.8 Å². The van der Waals surface area contributed by atoms with Crippen LogP contribution in [0.3, 0.4) is 0 Å². The fourth-order valence-electron chi connectivity index (χ4n) is 5.41. The largest absolute Gasteiger partial charge is 0.385 e. The van der Waals surface area contributed by atoms with Gasteiger partial charge >= 0.3 is 0 Å². The Balaban J connectivity index is 1.59. The van der Waals surface area contributed by atoms with Crippen LogP contribution in [-0.2, 0) is 10.4 Å². The van der Waals surface area contributed by atoms with E-state index in [1.807, 2.05) is 18.2 Å². The van der Waals surface area contributed by atoms with Crippen molar-refractivity contribution in [3.63, 3.8) is 0 Å². The number of hydrogen-bond acceptors (Lipinski definition) is 3. The number of piperidine rings is 1. The van der Waals surface area contributed by atoms with Crippen molar-refractivity contribution in [2.24, 2.45) is 11.8 Å². The number of amides is 1. The Kier molecular flexibility index (Phi) is 4.59. The van der Waals surface area contributed by atoms with E-state index in [0.29, 0.717) is 18.9 Å². The monoisotopic (exact) mass is 342 g/mol. The zero-order valence-corrected chi connectivity index (χ0v) is 15.2. The third kappa shape index (κ3) is 3.00. The lowest BCUT2D eigenvalue weighted by atomic mass is 9.66. The lowest BCUT2D eigenvalue weighted by Crippen LogP contribution is -2.60. The molecule has 3 fully saturated rings. The van der Waals surface area contributed by atoms with Crippen LogP contribution in [0.25, 0.3) is 0 Å². The molecule has 2 heterocycles. The summed E-state index contributed by atoms with van der Waals surface area (Å²) in [6, 6.07) is 10.3. The fourth-order valence-corrected chi connectivity index (χ4v) is 5.41. The summed E-state index contributed by atoms with van der Waals surface area (Å²) >= 11 is 0. The number of aliphatic hydroxyl groups is 1. The predicted molar refractivity (Wildman–Crippen MR) is 98.0 cm³/mol. The van der Waals surface area contributed by atoms with E-state index < -0.39 is 5.60 Å². The second kappa shape index (κ2) is 6.73. The molecule has 4 heteroatoms. The molecule has 4 nitrogen and oxygen atoms in total. The Hall–Kier alpha value is -1.39. The van der Waals surface area contributed by atoms with Crippen molar-refractivity contribution in [2.75, 3.05) is 26.7 Å². The van der Waals surface area contributed by atoms with Crippen LogP contribution in [0.1, 0.15) is 44.1 Å². The standard InChI is InChI=1S/C21H30N2O2/c1-22-13-11-16(15-22)20(24)23-14-12-21(25,17-7-3-2-4-8-17)18-9-5-6-10-19(18)23/h2-4,7-8,16,18-19,25H,5-6,9-15H2,1H3/t16?,18-,19?,21-/m1/s1. The number of nitrogens with zero attached hydrogens (tertiary/aromatic N) is 2. The molecule has 0 radical (unpaired) electrons. The molecule has 1 saturated carbocycles. The van der Waals surface area contributed by atoms with E-state index in [0.717, 1.165) is 44.3 Å². The maximum Gasteiger partial charge on any atom is 0.227 e. The summed E-state index contributed by atoms with van der Waals surface area (Å²) in [6.07, 6.45) is 6.02. The van der Waals surface area contributed by atoms with E-state index in [1.165, 1.54) is 6.42 Å². The first-order valence-electron chi connectivity index (χ1n) is 9.86. The van der Waals surface area contributed by atoms with Crippen molar-refractivity contribution in [2.45, 2.75) is 50.2 Å². The van der Waals surface area contributed by atoms with Gasteiger partial charge in [0.15, 0.2) is 0 Å². The minimum Gasteiger partial charge on any atom is -0.385 e. The van der Waals surface area contributed by atoms with Crippen molar-refractivity contribution < 1.29 is 9.90 Å². The Morgan fingerprint density at radius 2 is 1.88 bits per heavy atom. The van der Waals surface area contributed by atoms with Gasteiger partial charge in [-0.1, -0.05) is 43.2 Å². The number of fused-ring (bicyclic) bond motifs is 1. The van der Waals surface area contributed by atoms with E-state index in [-0.39, 0.29) is 17.9 Å². The van der Waals surface area contributed by atoms with Gasteiger partial charge in [-0.2, -0.15) is 0 Å². The highest BCUT2D eigenvalue weighted by molar-refractivity contribution is 5.80. The SMILES string of the molecule is CN1CCC(C(=O)N2CC[C@@](O)(c3ccccc3)[C@@H]3CCCCC32)C1. The van der Waals surface area contributed by atoms with Crippen LogP contribution in [0.4, 0.5) is 0 Å². The van der Waals surface area contributed by atoms with Gasteiger partial charge in [0.25, 0.3) is 0 Å². The van der Waals surface area contributed by atoms with Crippen molar-refractivity contribution >= 4 is 5.91 Å². The van der Waals surface area contributed by atoms with Gasteiger partial charge in [0, 0.05) is 25.0 Å².